The lowest BCUT2D eigenvalue weighted by molar-refractivity contribution is -0.128. The molecule has 1 rings (SSSR count). The largest absolute Gasteiger partial charge is 0.409 e. The minimum atomic E-state index is -0.924. The number of H-pyrrole nitrogens is 1. The van der Waals surface area contributed by atoms with Crippen LogP contribution in [-0.2, 0) is 11.2 Å². The summed E-state index contributed by atoms with van der Waals surface area (Å²) in [5.74, 6) is -0.189. The minimum absolute atomic E-state index is 0.00904. The van der Waals surface area contributed by atoms with Crippen LogP contribution in [0.2, 0.25) is 0 Å². The highest BCUT2D eigenvalue weighted by Gasteiger charge is 2.41. The lowest BCUT2D eigenvalue weighted by atomic mass is 9.77. The number of amides is 1. The quantitative estimate of drug-likeness (QED) is 0.238. The lowest BCUT2D eigenvalue weighted by Gasteiger charge is -2.30. The zero-order valence-electron chi connectivity index (χ0n) is 12.7. The molecule has 1 aromatic rings. The van der Waals surface area contributed by atoms with Crippen LogP contribution in [0.4, 0.5) is 0 Å². The molecule has 118 valence electrons. The number of hydrogen-bond donors (Lipinski definition) is 4. The minimum Gasteiger partial charge on any atom is -0.409 e. The fourth-order valence-electron chi connectivity index (χ4n) is 2.58. The summed E-state index contributed by atoms with van der Waals surface area (Å²) in [6, 6.07) is 0. The van der Waals surface area contributed by atoms with Crippen molar-refractivity contribution in [1.82, 2.24) is 15.3 Å². The van der Waals surface area contributed by atoms with Crippen molar-refractivity contribution in [1.29, 1.82) is 0 Å². The van der Waals surface area contributed by atoms with Gasteiger partial charge in [0.05, 0.1) is 6.33 Å². The normalized spacial score (nSPS) is 12.4. The Kier molecular flexibility index (Phi) is 6.71. The summed E-state index contributed by atoms with van der Waals surface area (Å²) >= 11 is 0. The van der Waals surface area contributed by atoms with Crippen molar-refractivity contribution in [2.75, 3.05) is 6.54 Å². The standard InChI is InChI=1S/C14H25N5O2/c1-3-6-14(7-4-2,12(15)19-21)13(20)17-8-5-11-9-16-10-18-11/h9-10,21H,3-8H2,1-2H3,(H2,15,19)(H,16,18)(H,17,20). The van der Waals surface area contributed by atoms with Crippen LogP contribution >= 0.6 is 0 Å². The van der Waals surface area contributed by atoms with Gasteiger partial charge in [0.2, 0.25) is 5.91 Å². The van der Waals surface area contributed by atoms with Gasteiger partial charge in [-0.3, -0.25) is 4.79 Å². The summed E-state index contributed by atoms with van der Waals surface area (Å²) in [6.07, 6.45) is 6.68. The molecule has 0 spiro atoms. The number of rotatable bonds is 9. The predicted molar refractivity (Wildman–Crippen MR) is 81.0 cm³/mol. The van der Waals surface area contributed by atoms with Crippen molar-refractivity contribution >= 4 is 11.7 Å². The predicted octanol–water partition coefficient (Wildman–Crippen LogP) is 1.40. The molecule has 0 bridgehead atoms. The maximum atomic E-state index is 12.6. The van der Waals surface area contributed by atoms with E-state index in [-0.39, 0.29) is 11.7 Å². The van der Waals surface area contributed by atoms with Crippen molar-refractivity contribution in [3.05, 3.63) is 18.2 Å². The second-order valence-corrected chi connectivity index (χ2v) is 5.15. The highest BCUT2D eigenvalue weighted by Crippen LogP contribution is 2.30. The smallest absolute Gasteiger partial charge is 0.233 e. The van der Waals surface area contributed by atoms with E-state index in [0.717, 1.165) is 18.5 Å². The number of nitrogens with two attached hydrogens (primary N) is 1. The molecular weight excluding hydrogens is 270 g/mol. The number of amidine groups is 1. The number of carbonyl (C=O) groups excluding carboxylic acids is 1. The SMILES string of the molecule is CCCC(CCC)(C(=O)NCCc1cnc[nH]1)C(N)=NO. The highest BCUT2D eigenvalue weighted by atomic mass is 16.4. The van der Waals surface area contributed by atoms with Crippen LogP contribution in [0.15, 0.2) is 17.7 Å². The van der Waals surface area contributed by atoms with E-state index < -0.39 is 5.41 Å². The lowest BCUT2D eigenvalue weighted by Crippen LogP contribution is -2.50. The number of aromatic amines is 1. The van der Waals surface area contributed by atoms with Crippen LogP contribution in [0, 0.1) is 5.41 Å². The van der Waals surface area contributed by atoms with Gasteiger partial charge >= 0.3 is 0 Å². The van der Waals surface area contributed by atoms with Crippen molar-refractivity contribution in [2.24, 2.45) is 16.3 Å². The Balaban J connectivity index is 2.74. The number of nitrogens with one attached hydrogen (secondary N) is 2. The summed E-state index contributed by atoms with van der Waals surface area (Å²) in [5.41, 5.74) is 5.84. The molecule has 1 heterocycles. The van der Waals surface area contributed by atoms with E-state index in [4.69, 9.17) is 10.9 Å². The van der Waals surface area contributed by atoms with Crippen LogP contribution in [0.1, 0.15) is 45.2 Å². The number of nitrogens with zero attached hydrogens (tertiary/aromatic N) is 2. The van der Waals surface area contributed by atoms with Gasteiger partial charge in [-0.25, -0.2) is 4.98 Å². The van der Waals surface area contributed by atoms with Crippen LogP contribution in [-0.4, -0.2) is 33.5 Å². The van der Waals surface area contributed by atoms with Gasteiger partial charge in [-0.1, -0.05) is 31.8 Å². The first-order valence-electron chi connectivity index (χ1n) is 7.34. The third kappa shape index (κ3) is 4.21. The van der Waals surface area contributed by atoms with Gasteiger partial charge < -0.3 is 21.2 Å². The van der Waals surface area contributed by atoms with E-state index >= 15 is 0 Å². The number of hydrogen-bond acceptors (Lipinski definition) is 4. The molecule has 0 aliphatic heterocycles. The van der Waals surface area contributed by atoms with Crippen molar-refractivity contribution in [2.45, 2.75) is 46.0 Å². The molecule has 0 atom stereocenters. The van der Waals surface area contributed by atoms with Crippen molar-refractivity contribution in [3.63, 3.8) is 0 Å². The van der Waals surface area contributed by atoms with Crippen molar-refractivity contribution < 1.29 is 10.0 Å². The number of oxime groups is 1. The maximum Gasteiger partial charge on any atom is 0.233 e. The molecule has 0 unspecified atom stereocenters. The Morgan fingerprint density at radius 2 is 2.14 bits per heavy atom. The Labute approximate surface area is 125 Å². The zero-order valence-corrected chi connectivity index (χ0v) is 12.7. The van der Waals surface area contributed by atoms with E-state index in [1.165, 1.54) is 0 Å². The van der Waals surface area contributed by atoms with Crippen molar-refractivity contribution in [3.8, 4) is 0 Å². The summed E-state index contributed by atoms with van der Waals surface area (Å²) < 4.78 is 0. The third-order valence-electron chi connectivity index (χ3n) is 3.62. The molecule has 0 aromatic carbocycles. The van der Waals surface area contributed by atoms with Crippen LogP contribution in [0.3, 0.4) is 0 Å². The maximum absolute atomic E-state index is 12.6. The first-order chi connectivity index (χ1) is 10.1. The van der Waals surface area contributed by atoms with Gasteiger partial charge in [0.1, 0.15) is 5.41 Å². The van der Waals surface area contributed by atoms with Gasteiger partial charge in [-0.15, -0.1) is 0 Å². The van der Waals surface area contributed by atoms with Gasteiger partial charge in [0.15, 0.2) is 5.84 Å². The molecule has 1 amide bonds. The molecule has 1 aromatic heterocycles. The van der Waals surface area contributed by atoms with Gasteiger partial charge in [-0.2, -0.15) is 0 Å². The van der Waals surface area contributed by atoms with E-state index in [0.29, 0.717) is 25.8 Å². The molecule has 0 saturated carbocycles. The summed E-state index contributed by atoms with van der Waals surface area (Å²) in [6.45, 7) is 4.44. The van der Waals surface area contributed by atoms with E-state index in [2.05, 4.69) is 20.4 Å². The fraction of sp³-hybridized carbons (Fsp3) is 0.643. The summed E-state index contributed by atoms with van der Waals surface area (Å²) in [7, 11) is 0. The zero-order chi connectivity index (χ0) is 15.7. The van der Waals surface area contributed by atoms with E-state index in [1.54, 1.807) is 12.5 Å². The Hall–Kier alpha value is -2.05. The molecule has 7 heteroatoms. The monoisotopic (exact) mass is 295 g/mol. The molecule has 0 fully saturated rings. The molecule has 0 saturated heterocycles. The Morgan fingerprint density at radius 1 is 1.48 bits per heavy atom. The van der Waals surface area contributed by atoms with Gasteiger partial charge in [0.25, 0.3) is 0 Å². The van der Waals surface area contributed by atoms with Gasteiger partial charge in [0, 0.05) is 24.9 Å². The molecule has 5 N–H and O–H groups in total. The molecular formula is C14H25N5O2. The van der Waals surface area contributed by atoms with E-state index in [1.807, 2.05) is 13.8 Å². The van der Waals surface area contributed by atoms with Gasteiger partial charge in [-0.05, 0) is 12.8 Å². The van der Waals surface area contributed by atoms with Crippen LogP contribution in [0.25, 0.3) is 0 Å². The molecule has 0 radical (unpaired) electrons. The summed E-state index contributed by atoms with van der Waals surface area (Å²) in [4.78, 5) is 19.5. The molecule has 21 heavy (non-hydrogen) atoms. The molecule has 0 aliphatic rings. The first kappa shape index (κ1) is 17.0. The number of imidazole rings is 1. The Morgan fingerprint density at radius 3 is 2.62 bits per heavy atom. The summed E-state index contributed by atoms with van der Waals surface area (Å²) in [5, 5.41) is 15.0. The molecule has 7 nitrogen and oxygen atoms in total. The fourth-order valence-corrected chi connectivity index (χ4v) is 2.58. The second kappa shape index (κ2) is 8.28. The number of aromatic nitrogens is 2. The third-order valence-corrected chi connectivity index (χ3v) is 3.62. The van der Waals surface area contributed by atoms with Crippen LogP contribution < -0.4 is 11.1 Å². The van der Waals surface area contributed by atoms with Crippen LogP contribution in [0.5, 0.6) is 0 Å². The average molecular weight is 295 g/mol. The average Bonchev–Trinajstić information content (AvgIpc) is 2.99. The number of carbonyl (C=O) groups is 1. The first-order valence-corrected chi connectivity index (χ1v) is 7.34. The Bertz CT molecular complexity index is 450. The van der Waals surface area contributed by atoms with E-state index in [9.17, 15) is 4.79 Å². The second-order valence-electron chi connectivity index (χ2n) is 5.15. The topological polar surface area (TPSA) is 116 Å². The highest BCUT2D eigenvalue weighted by molar-refractivity contribution is 6.06. The molecule has 0 aliphatic carbocycles.